The Bertz CT molecular complexity index is 651. The maximum atomic E-state index is 12.1. The molecule has 120 valence electrons. The van der Waals surface area contributed by atoms with Crippen LogP contribution in [0.4, 0.5) is 0 Å². The predicted octanol–water partition coefficient (Wildman–Crippen LogP) is 3.64. The van der Waals surface area contributed by atoms with Crippen LogP contribution in [0.2, 0.25) is 0 Å². The summed E-state index contributed by atoms with van der Waals surface area (Å²) in [5.74, 6) is 1.36. The van der Waals surface area contributed by atoms with Crippen molar-refractivity contribution in [3.8, 4) is 5.75 Å². The van der Waals surface area contributed by atoms with E-state index in [0.717, 1.165) is 30.0 Å². The molecule has 1 aliphatic carbocycles. The summed E-state index contributed by atoms with van der Waals surface area (Å²) >= 11 is 1.55. The zero-order chi connectivity index (χ0) is 16.1. The third-order valence-corrected chi connectivity index (χ3v) is 5.31. The molecule has 3 nitrogen and oxygen atoms in total. The van der Waals surface area contributed by atoms with Crippen molar-refractivity contribution in [2.24, 2.45) is 0 Å². The largest absolute Gasteiger partial charge is 0.497 e. The highest BCUT2D eigenvalue weighted by Gasteiger charge is 2.44. The normalized spacial score (nSPS) is 15.0. The van der Waals surface area contributed by atoms with E-state index in [4.69, 9.17) is 4.74 Å². The fourth-order valence-electron chi connectivity index (χ4n) is 2.65. The number of thioether (sulfide) groups is 1. The van der Waals surface area contributed by atoms with Crippen molar-refractivity contribution in [1.29, 1.82) is 0 Å². The highest BCUT2D eigenvalue weighted by atomic mass is 32.2. The Morgan fingerprint density at radius 3 is 2.43 bits per heavy atom. The van der Waals surface area contributed by atoms with E-state index in [1.54, 1.807) is 18.9 Å². The first-order valence-electron chi connectivity index (χ1n) is 7.81. The summed E-state index contributed by atoms with van der Waals surface area (Å²) in [4.78, 5) is 13.2. The number of ether oxygens (including phenoxy) is 1. The number of nitrogens with one attached hydrogen (secondary N) is 1. The van der Waals surface area contributed by atoms with Crippen LogP contribution in [-0.2, 0) is 10.2 Å². The molecule has 1 fully saturated rings. The molecule has 0 atom stereocenters. The topological polar surface area (TPSA) is 38.3 Å². The number of amides is 1. The fraction of sp³-hybridized carbons (Fsp3) is 0.316. The van der Waals surface area contributed by atoms with Gasteiger partial charge in [-0.2, -0.15) is 0 Å². The highest BCUT2D eigenvalue weighted by Crippen LogP contribution is 2.47. The Hall–Kier alpha value is -1.94. The van der Waals surface area contributed by atoms with Crippen LogP contribution in [0.25, 0.3) is 0 Å². The summed E-state index contributed by atoms with van der Waals surface area (Å²) < 4.78 is 5.13. The third-order valence-electron chi connectivity index (χ3n) is 4.29. The Morgan fingerprint density at radius 2 is 1.83 bits per heavy atom. The van der Waals surface area contributed by atoms with E-state index in [1.165, 1.54) is 5.56 Å². The molecule has 0 aliphatic heterocycles. The summed E-state index contributed by atoms with van der Waals surface area (Å²) in [6.45, 7) is 0.735. The van der Waals surface area contributed by atoms with E-state index in [1.807, 2.05) is 30.3 Å². The van der Waals surface area contributed by atoms with Crippen LogP contribution in [0.5, 0.6) is 5.75 Å². The van der Waals surface area contributed by atoms with E-state index in [2.05, 4.69) is 29.6 Å². The lowest BCUT2D eigenvalue weighted by Gasteiger charge is -2.16. The van der Waals surface area contributed by atoms with E-state index < -0.39 is 0 Å². The van der Waals surface area contributed by atoms with Crippen molar-refractivity contribution in [2.45, 2.75) is 23.2 Å². The lowest BCUT2D eigenvalue weighted by atomic mass is 9.96. The quantitative estimate of drug-likeness (QED) is 0.789. The second-order valence-electron chi connectivity index (χ2n) is 5.89. The fourth-order valence-corrected chi connectivity index (χ4v) is 3.38. The summed E-state index contributed by atoms with van der Waals surface area (Å²) in [5, 5.41) is 3.09. The minimum Gasteiger partial charge on any atom is -0.497 e. The third kappa shape index (κ3) is 4.08. The molecule has 0 bridgehead atoms. The molecule has 0 unspecified atom stereocenters. The minimum absolute atomic E-state index is 0.0908. The molecule has 1 aliphatic rings. The van der Waals surface area contributed by atoms with Gasteiger partial charge in [0.1, 0.15) is 5.75 Å². The summed E-state index contributed by atoms with van der Waals surface area (Å²) in [6.07, 6.45) is 2.31. The molecule has 1 saturated carbocycles. The summed E-state index contributed by atoms with van der Waals surface area (Å²) in [5.41, 5.74) is 1.50. The van der Waals surface area contributed by atoms with Crippen molar-refractivity contribution in [1.82, 2.24) is 5.32 Å². The van der Waals surface area contributed by atoms with Gasteiger partial charge in [-0.3, -0.25) is 4.79 Å². The molecule has 1 amide bonds. The first-order valence-corrected chi connectivity index (χ1v) is 8.79. The first-order chi connectivity index (χ1) is 11.2. The zero-order valence-corrected chi connectivity index (χ0v) is 14.1. The lowest BCUT2D eigenvalue weighted by molar-refractivity contribution is -0.118. The SMILES string of the molecule is COc1ccc(SCC(=O)NCC2(c3ccccc3)CC2)cc1. The van der Waals surface area contributed by atoms with Gasteiger partial charge in [0, 0.05) is 16.9 Å². The van der Waals surface area contributed by atoms with Gasteiger partial charge < -0.3 is 10.1 Å². The summed E-state index contributed by atoms with van der Waals surface area (Å²) in [7, 11) is 1.65. The van der Waals surface area contributed by atoms with Gasteiger partial charge in [0.05, 0.1) is 12.9 Å². The molecule has 2 aromatic rings. The Labute approximate surface area is 141 Å². The maximum Gasteiger partial charge on any atom is 0.230 e. The average Bonchev–Trinajstić information content (AvgIpc) is 3.41. The van der Waals surface area contributed by atoms with Gasteiger partial charge in [-0.15, -0.1) is 11.8 Å². The molecule has 1 N–H and O–H groups in total. The van der Waals surface area contributed by atoms with Crippen molar-refractivity contribution < 1.29 is 9.53 Å². The highest BCUT2D eigenvalue weighted by molar-refractivity contribution is 8.00. The lowest BCUT2D eigenvalue weighted by Crippen LogP contribution is -2.33. The second kappa shape index (κ2) is 7.09. The summed E-state index contributed by atoms with van der Waals surface area (Å²) in [6, 6.07) is 18.3. The smallest absolute Gasteiger partial charge is 0.230 e. The van der Waals surface area contributed by atoms with Gasteiger partial charge in [-0.1, -0.05) is 30.3 Å². The Balaban J connectivity index is 1.46. The van der Waals surface area contributed by atoms with Crippen LogP contribution in [0.1, 0.15) is 18.4 Å². The number of rotatable bonds is 7. The van der Waals surface area contributed by atoms with Gasteiger partial charge >= 0.3 is 0 Å². The average molecular weight is 327 g/mol. The number of hydrogen-bond acceptors (Lipinski definition) is 3. The molecule has 0 heterocycles. The van der Waals surface area contributed by atoms with Gasteiger partial charge in [0.25, 0.3) is 0 Å². The number of carbonyl (C=O) groups excluding carboxylic acids is 1. The monoisotopic (exact) mass is 327 g/mol. The van der Waals surface area contributed by atoms with Crippen LogP contribution in [0, 0.1) is 0 Å². The van der Waals surface area contributed by atoms with Gasteiger partial charge in [0.2, 0.25) is 5.91 Å². The Morgan fingerprint density at radius 1 is 1.13 bits per heavy atom. The Kier molecular flexibility index (Phi) is 4.91. The van der Waals surface area contributed by atoms with Crippen LogP contribution in [0.3, 0.4) is 0 Å². The molecule has 0 spiro atoms. The van der Waals surface area contributed by atoms with Gasteiger partial charge in [0.15, 0.2) is 0 Å². The van der Waals surface area contributed by atoms with Crippen LogP contribution < -0.4 is 10.1 Å². The first kappa shape index (κ1) is 15.9. The van der Waals surface area contributed by atoms with E-state index in [0.29, 0.717) is 5.75 Å². The number of benzene rings is 2. The molecule has 2 aromatic carbocycles. The second-order valence-corrected chi connectivity index (χ2v) is 6.94. The molecule has 0 radical (unpaired) electrons. The van der Waals surface area contributed by atoms with Crippen molar-refractivity contribution in [2.75, 3.05) is 19.4 Å². The molecule has 0 aromatic heterocycles. The molecule has 23 heavy (non-hydrogen) atoms. The minimum atomic E-state index is 0.0908. The number of carbonyl (C=O) groups is 1. The van der Waals surface area contributed by atoms with Crippen molar-refractivity contribution >= 4 is 17.7 Å². The van der Waals surface area contributed by atoms with Crippen LogP contribution in [0.15, 0.2) is 59.5 Å². The van der Waals surface area contributed by atoms with Crippen LogP contribution in [-0.4, -0.2) is 25.3 Å². The van der Waals surface area contributed by atoms with Crippen molar-refractivity contribution in [3.63, 3.8) is 0 Å². The predicted molar refractivity (Wildman–Crippen MR) is 94.1 cm³/mol. The van der Waals surface area contributed by atoms with Crippen LogP contribution >= 0.6 is 11.8 Å². The number of hydrogen-bond donors (Lipinski definition) is 1. The van der Waals surface area contributed by atoms with E-state index in [9.17, 15) is 4.79 Å². The molecular formula is C19H21NO2S. The molecule has 0 saturated heterocycles. The van der Waals surface area contributed by atoms with E-state index in [-0.39, 0.29) is 11.3 Å². The maximum absolute atomic E-state index is 12.1. The van der Waals surface area contributed by atoms with Gasteiger partial charge in [-0.25, -0.2) is 0 Å². The molecular weight excluding hydrogens is 306 g/mol. The van der Waals surface area contributed by atoms with E-state index >= 15 is 0 Å². The number of methoxy groups -OCH3 is 1. The zero-order valence-electron chi connectivity index (χ0n) is 13.2. The molecule has 4 heteroatoms. The standard InChI is InChI=1S/C19H21NO2S/c1-22-16-7-9-17(10-8-16)23-13-18(21)20-14-19(11-12-19)15-5-3-2-4-6-15/h2-10H,11-14H2,1H3,(H,20,21). The van der Waals surface area contributed by atoms with Crippen molar-refractivity contribution in [3.05, 3.63) is 60.2 Å². The van der Waals surface area contributed by atoms with Gasteiger partial charge in [-0.05, 0) is 42.7 Å². The molecule has 3 rings (SSSR count).